The van der Waals surface area contributed by atoms with Crippen molar-refractivity contribution in [1.29, 1.82) is 0 Å². The van der Waals surface area contributed by atoms with Crippen molar-refractivity contribution < 1.29 is 9.90 Å². The number of hydrogen-bond donors (Lipinski definition) is 1. The van der Waals surface area contributed by atoms with Crippen LogP contribution in [0, 0.1) is 5.92 Å². The Morgan fingerprint density at radius 2 is 1.52 bits per heavy atom. The fourth-order valence-corrected chi connectivity index (χ4v) is 2.63. The zero-order valence-corrected chi connectivity index (χ0v) is 12.8. The lowest BCUT2D eigenvalue weighted by atomic mass is 9.76. The van der Waals surface area contributed by atoms with Gasteiger partial charge in [0.2, 0.25) is 0 Å². The van der Waals surface area contributed by atoms with Gasteiger partial charge in [0.15, 0.2) is 0 Å². The van der Waals surface area contributed by atoms with Crippen LogP contribution in [0.2, 0.25) is 0 Å². The summed E-state index contributed by atoms with van der Waals surface area (Å²) in [7, 11) is 0. The van der Waals surface area contributed by atoms with Crippen molar-refractivity contribution in [2.24, 2.45) is 5.92 Å². The lowest BCUT2D eigenvalue weighted by molar-refractivity contribution is -0.141. The first kappa shape index (κ1) is 15.3. The summed E-state index contributed by atoms with van der Waals surface area (Å²) in [6.45, 7) is 6.13. The van der Waals surface area contributed by atoms with E-state index in [4.69, 9.17) is 0 Å². The average Bonchev–Trinajstić information content (AvgIpc) is 2.47. The molecule has 2 heteroatoms. The number of rotatable bonds is 5. The van der Waals surface area contributed by atoms with E-state index in [1.54, 1.807) is 6.92 Å². The minimum Gasteiger partial charge on any atom is -0.480 e. The van der Waals surface area contributed by atoms with Gasteiger partial charge >= 0.3 is 5.97 Å². The van der Waals surface area contributed by atoms with Crippen LogP contribution >= 0.6 is 0 Å². The molecule has 0 saturated heterocycles. The van der Waals surface area contributed by atoms with Crippen LogP contribution < -0.4 is 0 Å². The summed E-state index contributed by atoms with van der Waals surface area (Å²) in [5, 5.41) is 9.75. The number of carbonyl (C=O) groups is 1. The molecule has 0 fully saturated rings. The Morgan fingerprint density at radius 1 is 1.00 bits per heavy atom. The molecule has 0 heterocycles. The van der Waals surface area contributed by atoms with E-state index in [1.165, 1.54) is 5.56 Å². The monoisotopic (exact) mass is 282 g/mol. The Morgan fingerprint density at radius 3 is 2.00 bits per heavy atom. The van der Waals surface area contributed by atoms with Gasteiger partial charge in [-0.1, -0.05) is 68.4 Å². The molecule has 0 aliphatic heterocycles. The number of aliphatic carboxylic acids is 1. The maximum atomic E-state index is 11.9. The predicted octanol–water partition coefficient (Wildman–Crippen LogP) is 4.28. The van der Waals surface area contributed by atoms with Crippen molar-refractivity contribution in [2.75, 3.05) is 0 Å². The molecule has 2 aromatic rings. The molecule has 0 aliphatic rings. The fourth-order valence-electron chi connectivity index (χ4n) is 2.63. The molecule has 0 aromatic heterocycles. The molecule has 0 amide bonds. The van der Waals surface area contributed by atoms with Crippen molar-refractivity contribution in [3.8, 4) is 0 Å². The van der Waals surface area contributed by atoms with Gasteiger partial charge in [-0.15, -0.1) is 0 Å². The minimum absolute atomic E-state index is 0.593. The standard InChI is InChI=1S/C19H22O2/c1-14(2)13-15-9-11-17(12-10-15)19(3,18(20)21)16-7-5-4-6-8-16/h4-12,14H,13H2,1-3H3,(H,20,21). The molecule has 1 unspecified atom stereocenters. The first-order valence-corrected chi connectivity index (χ1v) is 7.33. The van der Waals surface area contributed by atoms with Gasteiger partial charge < -0.3 is 5.11 Å². The highest BCUT2D eigenvalue weighted by Crippen LogP contribution is 2.32. The average molecular weight is 282 g/mol. The first-order chi connectivity index (χ1) is 9.94. The van der Waals surface area contributed by atoms with Crippen LogP contribution in [-0.4, -0.2) is 11.1 Å². The predicted molar refractivity (Wildman–Crippen MR) is 85.5 cm³/mol. The topological polar surface area (TPSA) is 37.3 Å². The molecule has 0 radical (unpaired) electrons. The molecule has 21 heavy (non-hydrogen) atoms. The SMILES string of the molecule is CC(C)Cc1ccc(C(C)(C(=O)O)c2ccccc2)cc1. The van der Waals surface area contributed by atoms with Crippen molar-refractivity contribution in [2.45, 2.75) is 32.6 Å². The number of carboxylic acid groups (broad SMARTS) is 1. The molecule has 0 saturated carbocycles. The number of hydrogen-bond acceptors (Lipinski definition) is 1. The fraction of sp³-hybridized carbons (Fsp3) is 0.316. The largest absolute Gasteiger partial charge is 0.480 e. The van der Waals surface area contributed by atoms with E-state index in [9.17, 15) is 9.90 Å². The van der Waals surface area contributed by atoms with Crippen molar-refractivity contribution in [3.05, 3.63) is 71.3 Å². The van der Waals surface area contributed by atoms with Crippen LogP contribution in [-0.2, 0) is 16.6 Å². The highest BCUT2D eigenvalue weighted by Gasteiger charge is 2.36. The minimum atomic E-state index is -1.02. The molecule has 0 spiro atoms. The number of carboxylic acids is 1. The Kier molecular flexibility index (Phi) is 4.46. The smallest absolute Gasteiger partial charge is 0.318 e. The van der Waals surface area contributed by atoms with Gasteiger partial charge in [-0.25, -0.2) is 0 Å². The van der Waals surface area contributed by atoms with Gasteiger partial charge in [-0.2, -0.15) is 0 Å². The van der Waals surface area contributed by atoms with E-state index < -0.39 is 11.4 Å². The van der Waals surface area contributed by atoms with E-state index in [1.807, 2.05) is 54.6 Å². The second-order valence-corrected chi connectivity index (χ2v) is 6.09. The van der Waals surface area contributed by atoms with Crippen LogP contribution in [0.15, 0.2) is 54.6 Å². The molecule has 1 N–H and O–H groups in total. The van der Waals surface area contributed by atoms with Crippen LogP contribution in [0.1, 0.15) is 37.5 Å². The molecule has 2 nitrogen and oxygen atoms in total. The first-order valence-electron chi connectivity index (χ1n) is 7.33. The zero-order valence-electron chi connectivity index (χ0n) is 12.8. The Balaban J connectivity index is 2.42. The van der Waals surface area contributed by atoms with E-state index in [0.29, 0.717) is 5.92 Å². The second-order valence-electron chi connectivity index (χ2n) is 6.09. The van der Waals surface area contributed by atoms with Crippen LogP contribution in [0.5, 0.6) is 0 Å². The lowest BCUT2D eigenvalue weighted by Gasteiger charge is -2.26. The van der Waals surface area contributed by atoms with Crippen molar-refractivity contribution in [1.82, 2.24) is 0 Å². The van der Waals surface area contributed by atoms with Crippen LogP contribution in [0.3, 0.4) is 0 Å². The number of benzene rings is 2. The van der Waals surface area contributed by atoms with Gasteiger partial charge in [0, 0.05) is 0 Å². The van der Waals surface area contributed by atoms with Gasteiger partial charge in [0.25, 0.3) is 0 Å². The molecule has 0 aliphatic carbocycles. The summed E-state index contributed by atoms with van der Waals surface area (Å²) < 4.78 is 0. The summed E-state index contributed by atoms with van der Waals surface area (Å²) in [5.74, 6) is -0.235. The summed E-state index contributed by atoms with van der Waals surface area (Å²) in [5.41, 5.74) is 1.84. The van der Waals surface area contributed by atoms with Gasteiger partial charge in [0.1, 0.15) is 5.41 Å². The molecule has 1 atom stereocenters. The Hall–Kier alpha value is -2.09. The third-order valence-corrected chi connectivity index (χ3v) is 3.95. The van der Waals surface area contributed by atoms with E-state index in [-0.39, 0.29) is 0 Å². The van der Waals surface area contributed by atoms with Gasteiger partial charge in [-0.05, 0) is 36.0 Å². The summed E-state index contributed by atoms with van der Waals surface area (Å²) in [6, 6.07) is 17.4. The third kappa shape index (κ3) is 3.15. The maximum Gasteiger partial charge on any atom is 0.318 e. The molecule has 2 aromatic carbocycles. The van der Waals surface area contributed by atoms with Crippen LogP contribution in [0.4, 0.5) is 0 Å². The normalized spacial score (nSPS) is 13.9. The van der Waals surface area contributed by atoms with Crippen LogP contribution in [0.25, 0.3) is 0 Å². The summed E-state index contributed by atoms with van der Waals surface area (Å²) in [4.78, 5) is 11.9. The van der Waals surface area contributed by atoms with Gasteiger partial charge in [-0.3, -0.25) is 4.79 Å². The van der Waals surface area contributed by atoms with Crippen molar-refractivity contribution >= 4 is 5.97 Å². The molecular weight excluding hydrogens is 260 g/mol. The summed E-state index contributed by atoms with van der Waals surface area (Å²) in [6.07, 6.45) is 1.01. The second kappa shape index (κ2) is 6.13. The zero-order chi connectivity index (χ0) is 15.5. The lowest BCUT2D eigenvalue weighted by Crippen LogP contribution is -2.33. The molecular formula is C19H22O2. The van der Waals surface area contributed by atoms with Gasteiger partial charge in [0.05, 0.1) is 0 Å². The Labute approximate surface area is 126 Å². The van der Waals surface area contributed by atoms with E-state index >= 15 is 0 Å². The molecule has 2 rings (SSSR count). The highest BCUT2D eigenvalue weighted by atomic mass is 16.4. The quantitative estimate of drug-likeness (QED) is 0.889. The van der Waals surface area contributed by atoms with E-state index in [0.717, 1.165) is 17.5 Å². The van der Waals surface area contributed by atoms with E-state index in [2.05, 4.69) is 13.8 Å². The Bertz CT molecular complexity index is 599. The maximum absolute atomic E-state index is 11.9. The third-order valence-electron chi connectivity index (χ3n) is 3.95. The van der Waals surface area contributed by atoms with Crippen molar-refractivity contribution in [3.63, 3.8) is 0 Å². The molecule has 110 valence electrons. The summed E-state index contributed by atoms with van der Waals surface area (Å²) >= 11 is 0. The highest BCUT2D eigenvalue weighted by molar-refractivity contribution is 5.85. The molecule has 0 bridgehead atoms.